The molecule has 0 aromatic carbocycles. The highest BCUT2D eigenvalue weighted by Crippen LogP contribution is 1.98. The minimum atomic E-state index is 0.438. The second-order valence-electron chi connectivity index (χ2n) is 3.10. The van der Waals surface area contributed by atoms with Crippen LogP contribution >= 0.6 is 0 Å². The quantitative estimate of drug-likeness (QED) is 0.400. The monoisotopic (exact) mass is 186 g/mol. The highest BCUT2D eigenvalue weighted by Gasteiger charge is 2.12. The minimum absolute atomic E-state index is 0.438. The number of hydrogen-bond donors (Lipinski definition) is 1. The Morgan fingerprint density at radius 2 is 2.15 bits per heavy atom. The highest BCUT2D eigenvalue weighted by molar-refractivity contribution is 5.80. The lowest BCUT2D eigenvalue weighted by molar-refractivity contribution is 0.0624. The number of morpholine rings is 1. The summed E-state index contributed by atoms with van der Waals surface area (Å²) in [5, 5.41) is 7.71. The third-order valence-electron chi connectivity index (χ3n) is 1.98. The van der Waals surface area contributed by atoms with Crippen LogP contribution in [-0.2, 0) is 9.47 Å². The molecule has 1 N–H and O–H groups in total. The van der Waals surface area contributed by atoms with Crippen molar-refractivity contribution in [1.29, 1.82) is 5.41 Å². The van der Waals surface area contributed by atoms with E-state index < -0.39 is 0 Å². The summed E-state index contributed by atoms with van der Waals surface area (Å²) in [5.41, 5.74) is 0. The number of amidine groups is 1. The summed E-state index contributed by atoms with van der Waals surface area (Å²) < 4.78 is 10.5. The van der Waals surface area contributed by atoms with Crippen LogP contribution in [0.5, 0.6) is 0 Å². The number of hydrogen-bond acceptors (Lipinski definition) is 3. The molecule has 76 valence electrons. The van der Waals surface area contributed by atoms with Crippen LogP contribution in [0, 0.1) is 5.41 Å². The fourth-order valence-corrected chi connectivity index (χ4v) is 1.24. The molecule has 1 heterocycles. The summed E-state index contributed by atoms with van der Waals surface area (Å²) in [4.78, 5) is 2.01. The second kappa shape index (κ2) is 5.94. The first-order valence-corrected chi connectivity index (χ1v) is 4.82. The van der Waals surface area contributed by atoms with Crippen molar-refractivity contribution in [3.63, 3.8) is 0 Å². The Kier molecular flexibility index (Phi) is 4.78. The van der Waals surface area contributed by atoms with Crippen molar-refractivity contribution < 1.29 is 9.47 Å². The zero-order valence-electron chi connectivity index (χ0n) is 8.21. The molecule has 0 spiro atoms. The largest absolute Gasteiger partial charge is 0.378 e. The molecule has 0 aromatic heterocycles. The molecule has 1 saturated heterocycles. The molecule has 1 aliphatic heterocycles. The molecule has 0 bridgehead atoms. The first-order valence-electron chi connectivity index (χ1n) is 4.82. The lowest BCUT2D eigenvalue weighted by Gasteiger charge is -2.28. The van der Waals surface area contributed by atoms with Crippen LogP contribution in [0.1, 0.15) is 13.3 Å². The topological polar surface area (TPSA) is 45.5 Å². The molecule has 0 aromatic rings. The Hall–Kier alpha value is -0.610. The summed E-state index contributed by atoms with van der Waals surface area (Å²) in [7, 11) is 0. The van der Waals surface area contributed by atoms with E-state index in [9.17, 15) is 0 Å². The highest BCUT2D eigenvalue weighted by atomic mass is 16.5. The molecular weight excluding hydrogens is 168 g/mol. The Morgan fingerprint density at radius 1 is 1.46 bits per heavy atom. The lowest BCUT2D eigenvalue weighted by Crippen LogP contribution is -2.42. The van der Waals surface area contributed by atoms with E-state index in [0.29, 0.717) is 12.4 Å². The van der Waals surface area contributed by atoms with Crippen molar-refractivity contribution in [3.8, 4) is 0 Å². The third-order valence-corrected chi connectivity index (χ3v) is 1.98. The average molecular weight is 186 g/mol. The predicted molar refractivity (Wildman–Crippen MR) is 51.2 cm³/mol. The minimum Gasteiger partial charge on any atom is -0.378 e. The van der Waals surface area contributed by atoms with Crippen LogP contribution in [-0.4, -0.2) is 50.3 Å². The molecule has 4 nitrogen and oxygen atoms in total. The molecule has 4 heteroatoms. The maximum Gasteiger partial charge on any atom is 0.123 e. The van der Waals surface area contributed by atoms with E-state index in [1.54, 1.807) is 0 Å². The van der Waals surface area contributed by atoms with Gasteiger partial charge in [-0.3, -0.25) is 5.41 Å². The molecule has 1 aliphatic rings. The van der Waals surface area contributed by atoms with Gasteiger partial charge in [-0.05, 0) is 6.42 Å². The zero-order valence-corrected chi connectivity index (χ0v) is 8.21. The Balaban J connectivity index is 2.13. The van der Waals surface area contributed by atoms with Crippen molar-refractivity contribution in [2.45, 2.75) is 13.3 Å². The van der Waals surface area contributed by atoms with Gasteiger partial charge in [0, 0.05) is 19.7 Å². The van der Waals surface area contributed by atoms with Gasteiger partial charge in [0.05, 0.1) is 13.2 Å². The molecule has 0 unspecified atom stereocenters. The maximum absolute atomic E-state index is 7.71. The Bertz CT molecular complexity index is 156. The Labute approximate surface area is 79.3 Å². The van der Waals surface area contributed by atoms with Crippen LogP contribution in [0.25, 0.3) is 0 Å². The van der Waals surface area contributed by atoms with E-state index in [2.05, 4.69) is 6.92 Å². The van der Waals surface area contributed by atoms with Crippen molar-refractivity contribution in [2.75, 3.05) is 39.5 Å². The van der Waals surface area contributed by atoms with Crippen LogP contribution in [0.15, 0.2) is 0 Å². The SMILES string of the molecule is CCCOCC(=N)N1CCOCC1. The van der Waals surface area contributed by atoms with Gasteiger partial charge in [0.15, 0.2) is 0 Å². The standard InChI is InChI=1S/C9H18N2O2/c1-2-5-13-8-9(10)11-3-6-12-7-4-11/h10H,2-8H2,1H3. The number of ether oxygens (including phenoxy) is 2. The fraction of sp³-hybridized carbons (Fsp3) is 0.889. The maximum atomic E-state index is 7.71. The van der Waals surface area contributed by atoms with Crippen molar-refractivity contribution in [2.24, 2.45) is 0 Å². The summed E-state index contributed by atoms with van der Waals surface area (Å²) >= 11 is 0. The van der Waals surface area contributed by atoms with E-state index in [-0.39, 0.29) is 0 Å². The molecule has 0 amide bonds. The summed E-state index contributed by atoms with van der Waals surface area (Å²) in [6, 6.07) is 0. The first kappa shape index (κ1) is 10.5. The van der Waals surface area contributed by atoms with Gasteiger partial charge in [-0.25, -0.2) is 0 Å². The van der Waals surface area contributed by atoms with Crippen molar-refractivity contribution >= 4 is 5.84 Å². The lowest BCUT2D eigenvalue weighted by atomic mass is 10.4. The predicted octanol–water partition coefficient (Wildman–Crippen LogP) is 0.722. The van der Waals surface area contributed by atoms with Crippen LogP contribution < -0.4 is 0 Å². The summed E-state index contributed by atoms with van der Waals surface area (Å²) in [6.45, 7) is 6.37. The summed E-state index contributed by atoms with van der Waals surface area (Å²) in [6.07, 6.45) is 1.01. The van der Waals surface area contributed by atoms with Crippen LogP contribution in [0.3, 0.4) is 0 Å². The van der Waals surface area contributed by atoms with Crippen LogP contribution in [0.4, 0.5) is 0 Å². The number of nitrogens with zero attached hydrogens (tertiary/aromatic N) is 1. The molecular formula is C9H18N2O2. The number of rotatable bonds is 4. The molecule has 0 aliphatic carbocycles. The molecule has 1 fully saturated rings. The molecule has 0 radical (unpaired) electrons. The van der Waals surface area contributed by atoms with Crippen LogP contribution in [0.2, 0.25) is 0 Å². The normalized spacial score (nSPS) is 17.5. The molecule has 13 heavy (non-hydrogen) atoms. The average Bonchev–Trinajstić information content (AvgIpc) is 2.19. The molecule has 0 saturated carbocycles. The van der Waals surface area contributed by atoms with Gasteiger partial charge < -0.3 is 14.4 Å². The van der Waals surface area contributed by atoms with E-state index in [4.69, 9.17) is 14.9 Å². The van der Waals surface area contributed by atoms with Gasteiger partial charge in [0.1, 0.15) is 12.4 Å². The van der Waals surface area contributed by atoms with Gasteiger partial charge in [-0.2, -0.15) is 0 Å². The summed E-state index contributed by atoms with van der Waals surface area (Å²) in [5.74, 6) is 0.580. The fourth-order valence-electron chi connectivity index (χ4n) is 1.24. The van der Waals surface area contributed by atoms with Gasteiger partial charge in [-0.1, -0.05) is 6.92 Å². The Morgan fingerprint density at radius 3 is 2.77 bits per heavy atom. The van der Waals surface area contributed by atoms with Gasteiger partial charge in [0.2, 0.25) is 0 Å². The number of nitrogens with one attached hydrogen (secondary N) is 1. The van der Waals surface area contributed by atoms with Gasteiger partial charge in [-0.15, -0.1) is 0 Å². The second-order valence-corrected chi connectivity index (χ2v) is 3.10. The molecule has 0 atom stereocenters. The van der Waals surface area contributed by atoms with E-state index in [1.807, 2.05) is 4.90 Å². The zero-order chi connectivity index (χ0) is 9.52. The first-order chi connectivity index (χ1) is 6.34. The van der Waals surface area contributed by atoms with E-state index in [0.717, 1.165) is 39.3 Å². The van der Waals surface area contributed by atoms with Gasteiger partial charge in [0.25, 0.3) is 0 Å². The molecule has 1 rings (SSSR count). The third kappa shape index (κ3) is 3.74. The van der Waals surface area contributed by atoms with E-state index >= 15 is 0 Å². The van der Waals surface area contributed by atoms with E-state index in [1.165, 1.54) is 0 Å². The van der Waals surface area contributed by atoms with Crippen molar-refractivity contribution in [3.05, 3.63) is 0 Å². The van der Waals surface area contributed by atoms with Gasteiger partial charge >= 0.3 is 0 Å². The van der Waals surface area contributed by atoms with Crippen molar-refractivity contribution in [1.82, 2.24) is 4.90 Å². The smallest absolute Gasteiger partial charge is 0.123 e.